The number of hydrogen-bond acceptors (Lipinski definition) is 9. The van der Waals surface area contributed by atoms with Gasteiger partial charge in [0.05, 0.1) is 29.2 Å². The molecule has 8 nitrogen and oxygen atoms in total. The number of anilines is 1. The molecule has 0 radical (unpaired) electrons. The van der Waals surface area contributed by atoms with Crippen LogP contribution in [0.1, 0.15) is 33.3 Å². The van der Waals surface area contributed by atoms with Crippen LogP contribution in [0.5, 0.6) is 11.5 Å². The lowest BCUT2D eigenvalue weighted by Gasteiger charge is -2.13. The number of nitriles is 1. The summed E-state index contributed by atoms with van der Waals surface area (Å²) in [7, 11) is 0. The number of thioether (sulfide) groups is 1. The van der Waals surface area contributed by atoms with E-state index in [9.17, 15) is 14.9 Å². The Morgan fingerprint density at radius 2 is 1.88 bits per heavy atom. The zero-order valence-corrected chi connectivity index (χ0v) is 23.7. The van der Waals surface area contributed by atoms with Crippen molar-refractivity contribution >= 4 is 40.0 Å². The molecule has 2 aromatic heterocycles. The van der Waals surface area contributed by atoms with Gasteiger partial charge in [-0.25, -0.2) is 9.78 Å². The van der Waals surface area contributed by atoms with Crippen LogP contribution in [0.25, 0.3) is 22.4 Å². The number of carbonyl (C=O) groups excluding carboxylic acids is 2. The zero-order chi connectivity index (χ0) is 28.2. The van der Waals surface area contributed by atoms with Crippen molar-refractivity contribution in [2.24, 2.45) is 0 Å². The minimum absolute atomic E-state index is 0.0151. The van der Waals surface area contributed by atoms with E-state index >= 15 is 0 Å². The van der Waals surface area contributed by atoms with E-state index in [1.807, 2.05) is 68.4 Å². The minimum atomic E-state index is -0.468. The number of amides is 1. The standard InChI is InChI=1S/C30H25N3O5S2/c1-4-36-30(35)27-17(2)18(3)40-29(27)33-26(34)15-39-28-22(14-31)21(13-23(32-28)19-8-6-5-7-9-19)20-10-11-24-25(12-20)38-16-37-24/h5-13H,4,15-16H2,1-3H3,(H,33,34). The first kappa shape index (κ1) is 27.2. The topological polar surface area (TPSA) is 111 Å². The molecule has 1 amide bonds. The highest BCUT2D eigenvalue weighted by Crippen LogP contribution is 2.40. The molecule has 202 valence electrons. The molecular weight excluding hydrogens is 546 g/mol. The third kappa shape index (κ3) is 5.52. The Kier molecular flexibility index (Phi) is 8.05. The van der Waals surface area contributed by atoms with Crippen LogP contribution >= 0.6 is 23.1 Å². The maximum absolute atomic E-state index is 13.1. The fourth-order valence-electron chi connectivity index (χ4n) is 4.24. The number of nitrogens with zero attached hydrogens (tertiary/aromatic N) is 2. The Labute approximate surface area is 239 Å². The highest BCUT2D eigenvalue weighted by molar-refractivity contribution is 8.00. The quantitative estimate of drug-likeness (QED) is 0.186. The predicted octanol–water partition coefficient (Wildman–Crippen LogP) is 6.60. The van der Waals surface area contributed by atoms with Crippen LogP contribution in [0.2, 0.25) is 0 Å². The van der Waals surface area contributed by atoms with Crippen LogP contribution in [0.15, 0.2) is 59.6 Å². The van der Waals surface area contributed by atoms with Gasteiger partial charge < -0.3 is 19.5 Å². The Bertz CT molecular complexity index is 1640. The monoisotopic (exact) mass is 571 g/mol. The van der Waals surface area contributed by atoms with E-state index in [2.05, 4.69) is 11.4 Å². The molecule has 2 aromatic carbocycles. The maximum Gasteiger partial charge on any atom is 0.341 e. The molecule has 0 aliphatic carbocycles. The average molecular weight is 572 g/mol. The van der Waals surface area contributed by atoms with Gasteiger partial charge in [0.1, 0.15) is 16.1 Å². The van der Waals surface area contributed by atoms with E-state index in [0.29, 0.717) is 43.9 Å². The van der Waals surface area contributed by atoms with Crippen molar-refractivity contribution in [3.63, 3.8) is 0 Å². The molecule has 1 aliphatic heterocycles. The molecular formula is C30H25N3O5S2. The van der Waals surface area contributed by atoms with Crippen molar-refractivity contribution in [2.75, 3.05) is 24.5 Å². The summed E-state index contributed by atoms with van der Waals surface area (Å²) >= 11 is 2.49. The average Bonchev–Trinajstić information content (AvgIpc) is 3.54. The smallest absolute Gasteiger partial charge is 0.341 e. The van der Waals surface area contributed by atoms with Crippen LogP contribution in [-0.4, -0.2) is 36.0 Å². The summed E-state index contributed by atoms with van der Waals surface area (Å²) in [5.74, 6) is 0.444. The Morgan fingerprint density at radius 3 is 2.62 bits per heavy atom. The van der Waals surface area contributed by atoms with Gasteiger partial charge in [-0.15, -0.1) is 11.3 Å². The summed E-state index contributed by atoms with van der Waals surface area (Å²) in [6.07, 6.45) is 0. The summed E-state index contributed by atoms with van der Waals surface area (Å²) in [5, 5.41) is 13.9. The van der Waals surface area contributed by atoms with E-state index < -0.39 is 5.97 Å². The number of esters is 1. The number of thiophene rings is 1. The van der Waals surface area contributed by atoms with Gasteiger partial charge in [0, 0.05) is 16.0 Å². The second-order valence-electron chi connectivity index (χ2n) is 8.83. The molecule has 0 saturated carbocycles. The normalized spacial score (nSPS) is 11.7. The van der Waals surface area contributed by atoms with E-state index in [1.54, 1.807) is 6.92 Å². The molecule has 0 atom stereocenters. The summed E-state index contributed by atoms with van der Waals surface area (Å²) in [6, 6.07) is 19.3. The second kappa shape index (κ2) is 11.8. The van der Waals surface area contributed by atoms with Crippen LogP contribution in [0.3, 0.4) is 0 Å². The summed E-state index contributed by atoms with van der Waals surface area (Å²) in [5.41, 5.74) is 4.50. The molecule has 0 saturated heterocycles. The van der Waals surface area contributed by atoms with Crippen LogP contribution in [-0.2, 0) is 9.53 Å². The van der Waals surface area contributed by atoms with Crippen molar-refractivity contribution in [2.45, 2.75) is 25.8 Å². The van der Waals surface area contributed by atoms with Gasteiger partial charge in [0.25, 0.3) is 0 Å². The molecule has 0 fully saturated rings. The number of pyridine rings is 1. The van der Waals surface area contributed by atoms with Crippen molar-refractivity contribution in [1.82, 2.24) is 4.98 Å². The van der Waals surface area contributed by atoms with Crippen molar-refractivity contribution in [1.29, 1.82) is 5.26 Å². The van der Waals surface area contributed by atoms with E-state index in [-0.39, 0.29) is 25.1 Å². The number of aromatic nitrogens is 1. The molecule has 4 aromatic rings. The van der Waals surface area contributed by atoms with Crippen molar-refractivity contribution in [3.8, 4) is 40.0 Å². The molecule has 0 unspecified atom stereocenters. The van der Waals surface area contributed by atoms with Gasteiger partial charge >= 0.3 is 5.97 Å². The van der Waals surface area contributed by atoms with Crippen LogP contribution < -0.4 is 14.8 Å². The molecule has 5 rings (SSSR count). The molecule has 3 heterocycles. The molecule has 1 aliphatic rings. The Hall–Kier alpha value is -4.33. The molecule has 0 bridgehead atoms. The largest absolute Gasteiger partial charge is 0.462 e. The highest BCUT2D eigenvalue weighted by atomic mass is 32.2. The fraction of sp³-hybridized carbons (Fsp3) is 0.200. The van der Waals surface area contributed by atoms with Crippen LogP contribution in [0.4, 0.5) is 5.00 Å². The number of ether oxygens (including phenoxy) is 3. The van der Waals surface area contributed by atoms with Gasteiger partial charge in [-0.1, -0.05) is 48.2 Å². The van der Waals surface area contributed by atoms with E-state index in [4.69, 9.17) is 19.2 Å². The summed E-state index contributed by atoms with van der Waals surface area (Å²) in [4.78, 5) is 31.3. The second-order valence-corrected chi connectivity index (χ2v) is 11.0. The number of hydrogen-bond donors (Lipinski definition) is 1. The van der Waals surface area contributed by atoms with Gasteiger partial charge in [-0.3, -0.25) is 4.79 Å². The van der Waals surface area contributed by atoms with E-state index in [1.165, 1.54) is 11.3 Å². The SMILES string of the molecule is CCOC(=O)c1c(NC(=O)CSc2nc(-c3ccccc3)cc(-c3ccc4c(c3)OCO4)c2C#N)sc(C)c1C. The molecule has 1 N–H and O–H groups in total. The minimum Gasteiger partial charge on any atom is -0.462 e. The molecule has 40 heavy (non-hydrogen) atoms. The van der Waals surface area contributed by atoms with Crippen molar-refractivity contribution < 1.29 is 23.8 Å². The lowest BCUT2D eigenvalue weighted by Crippen LogP contribution is -2.16. The van der Waals surface area contributed by atoms with Gasteiger partial charge in [0.15, 0.2) is 11.5 Å². The Balaban J connectivity index is 1.47. The van der Waals surface area contributed by atoms with Crippen molar-refractivity contribution in [3.05, 3.63) is 76.2 Å². The third-order valence-corrected chi connectivity index (χ3v) is 8.41. The first-order valence-electron chi connectivity index (χ1n) is 12.5. The van der Waals surface area contributed by atoms with E-state index in [0.717, 1.165) is 33.3 Å². The highest BCUT2D eigenvalue weighted by Gasteiger charge is 2.23. The maximum atomic E-state index is 13.1. The number of rotatable bonds is 8. The number of nitrogens with one attached hydrogen (secondary N) is 1. The number of fused-ring (bicyclic) bond motifs is 1. The number of aryl methyl sites for hydroxylation is 1. The summed E-state index contributed by atoms with van der Waals surface area (Å²) in [6.45, 7) is 5.85. The number of benzene rings is 2. The van der Waals surface area contributed by atoms with Gasteiger partial charge in [-0.05, 0) is 50.1 Å². The number of carbonyl (C=O) groups is 2. The lowest BCUT2D eigenvalue weighted by atomic mass is 9.99. The first-order valence-corrected chi connectivity index (χ1v) is 14.3. The summed E-state index contributed by atoms with van der Waals surface area (Å²) < 4.78 is 16.2. The zero-order valence-electron chi connectivity index (χ0n) is 22.1. The molecule has 10 heteroatoms. The third-order valence-electron chi connectivity index (χ3n) is 6.31. The van der Waals surface area contributed by atoms with Gasteiger partial charge in [0.2, 0.25) is 12.7 Å². The predicted molar refractivity (Wildman–Crippen MR) is 155 cm³/mol. The fourth-order valence-corrected chi connectivity index (χ4v) is 6.11. The Morgan fingerprint density at radius 1 is 1.10 bits per heavy atom. The van der Waals surface area contributed by atoms with Gasteiger partial charge in [-0.2, -0.15) is 5.26 Å². The first-order chi connectivity index (χ1) is 19.4. The molecule has 0 spiro atoms. The van der Waals surface area contributed by atoms with Crippen LogP contribution in [0, 0.1) is 25.2 Å². The lowest BCUT2D eigenvalue weighted by molar-refractivity contribution is -0.113.